The predicted molar refractivity (Wildman–Crippen MR) is 84.5 cm³/mol. The third-order valence-corrected chi connectivity index (χ3v) is 3.87. The van der Waals surface area contributed by atoms with Gasteiger partial charge in [0.2, 0.25) is 0 Å². The highest BCUT2D eigenvalue weighted by Crippen LogP contribution is 2.34. The van der Waals surface area contributed by atoms with Gasteiger partial charge in [0, 0.05) is 41.0 Å². The molecule has 2 aliphatic rings. The number of hydrazone groups is 1. The van der Waals surface area contributed by atoms with E-state index in [-0.39, 0.29) is 10.6 Å². The number of benzene rings is 1. The highest BCUT2D eigenvalue weighted by Gasteiger charge is 2.20. The molecule has 0 amide bonds. The monoisotopic (exact) mass is 327 g/mol. The first-order valence-corrected chi connectivity index (χ1v) is 7.14. The Labute approximate surface area is 135 Å². The molecule has 4 rings (SSSR count). The van der Waals surface area contributed by atoms with Crippen LogP contribution in [-0.2, 0) is 0 Å². The lowest BCUT2D eigenvalue weighted by Crippen LogP contribution is -2.18. The zero-order valence-corrected chi connectivity index (χ0v) is 12.4. The summed E-state index contributed by atoms with van der Waals surface area (Å²) in [6, 6.07) is 5.58. The Bertz CT molecular complexity index is 956. The number of hydrogen-bond acceptors (Lipinski definition) is 3. The molecule has 0 radical (unpaired) electrons. The molecular weight excluding hydrogens is 320 g/mol. The fourth-order valence-corrected chi connectivity index (χ4v) is 2.60. The largest absolute Gasteiger partial charge is 0.255 e. The number of hydrogen-bond donors (Lipinski definition) is 0. The highest BCUT2D eigenvalue weighted by atomic mass is 35.5. The third kappa shape index (κ3) is 2.27. The van der Waals surface area contributed by atoms with Gasteiger partial charge in [-0.2, -0.15) is 0 Å². The first-order valence-electron chi connectivity index (χ1n) is 6.76. The minimum Gasteiger partial charge on any atom is -0.255 e. The van der Waals surface area contributed by atoms with Crippen LogP contribution in [0.1, 0.15) is 5.56 Å². The van der Waals surface area contributed by atoms with E-state index in [1.54, 1.807) is 23.5 Å². The number of fused-ring (bicyclic) bond motifs is 1. The predicted octanol–water partition coefficient (Wildman–Crippen LogP) is 4.38. The average Bonchev–Trinajstić information content (AvgIpc) is 2.52. The molecule has 0 saturated carbocycles. The molecule has 2 aromatic rings. The normalized spacial score (nSPS) is 15.0. The van der Waals surface area contributed by atoms with E-state index in [9.17, 15) is 8.78 Å². The van der Waals surface area contributed by atoms with Crippen molar-refractivity contribution in [2.24, 2.45) is 5.10 Å². The Balaban J connectivity index is 1.86. The topological polar surface area (TPSA) is 28.5 Å². The summed E-state index contributed by atoms with van der Waals surface area (Å²) in [5.41, 5.74) is 2.90. The molecular formula is C17H8ClF2N3. The van der Waals surface area contributed by atoms with Crippen molar-refractivity contribution in [2.45, 2.75) is 0 Å². The minimum atomic E-state index is -0.799. The maximum atomic E-state index is 14.2. The molecule has 0 saturated heterocycles. The molecule has 6 heteroatoms. The van der Waals surface area contributed by atoms with Crippen LogP contribution in [0.4, 0.5) is 8.78 Å². The van der Waals surface area contributed by atoms with Crippen LogP contribution >= 0.6 is 11.6 Å². The SMILES string of the molecule is Fc1cc(F)c(-c2ncccc2C2=CN3N=C=C3C=C2)cc1Cl. The molecule has 0 spiro atoms. The molecule has 3 nitrogen and oxygen atoms in total. The summed E-state index contributed by atoms with van der Waals surface area (Å²) in [6.45, 7) is 0. The standard InChI is InChI=1S/C17H8ClF2N3/c18-14-6-13(15(19)7-16(14)20)17-12(2-1-5-21-17)10-3-4-11-8-22-23(11)9-10/h1-7,9H. The van der Waals surface area contributed by atoms with Crippen LogP contribution in [0, 0.1) is 11.6 Å². The van der Waals surface area contributed by atoms with Crippen molar-refractivity contribution >= 4 is 23.0 Å². The van der Waals surface area contributed by atoms with Gasteiger partial charge in [0.25, 0.3) is 0 Å². The Kier molecular flexibility index (Phi) is 3.11. The molecule has 0 unspecified atom stereocenters. The number of pyridine rings is 1. The lowest BCUT2D eigenvalue weighted by Gasteiger charge is -2.23. The van der Waals surface area contributed by atoms with Crippen LogP contribution in [0.25, 0.3) is 16.8 Å². The zero-order chi connectivity index (χ0) is 16.0. The maximum absolute atomic E-state index is 14.2. The van der Waals surface area contributed by atoms with E-state index in [1.807, 2.05) is 18.2 Å². The molecule has 1 aromatic heterocycles. The summed E-state index contributed by atoms with van der Waals surface area (Å²) >= 11 is 5.79. The van der Waals surface area contributed by atoms with Crippen molar-refractivity contribution in [3.05, 3.63) is 76.7 Å². The van der Waals surface area contributed by atoms with Gasteiger partial charge in [-0.15, -0.1) is 5.10 Å². The van der Waals surface area contributed by atoms with E-state index in [1.165, 1.54) is 6.07 Å². The van der Waals surface area contributed by atoms with Crippen LogP contribution in [0.15, 0.2) is 59.6 Å². The summed E-state index contributed by atoms with van der Waals surface area (Å²) in [7, 11) is 0. The molecule has 1 aromatic carbocycles. The fourth-order valence-electron chi connectivity index (χ4n) is 2.44. The van der Waals surface area contributed by atoms with Gasteiger partial charge < -0.3 is 0 Å². The Morgan fingerprint density at radius 3 is 2.70 bits per heavy atom. The number of aromatic nitrogens is 1. The smallest absolute Gasteiger partial charge is 0.144 e. The van der Waals surface area contributed by atoms with E-state index in [0.717, 1.165) is 17.3 Å². The van der Waals surface area contributed by atoms with Crippen LogP contribution < -0.4 is 0 Å². The van der Waals surface area contributed by atoms with E-state index >= 15 is 0 Å². The van der Waals surface area contributed by atoms with Gasteiger partial charge in [-0.1, -0.05) is 17.7 Å². The first-order chi connectivity index (χ1) is 11.1. The van der Waals surface area contributed by atoms with Crippen molar-refractivity contribution < 1.29 is 8.78 Å². The number of allylic oxidation sites excluding steroid dienone is 3. The van der Waals surface area contributed by atoms with E-state index in [0.29, 0.717) is 11.3 Å². The van der Waals surface area contributed by atoms with Crippen molar-refractivity contribution in [3.8, 4) is 11.3 Å². The van der Waals surface area contributed by atoms with E-state index in [4.69, 9.17) is 11.6 Å². The lowest BCUT2D eigenvalue weighted by atomic mass is 9.97. The van der Waals surface area contributed by atoms with Crippen molar-refractivity contribution in [1.29, 1.82) is 0 Å². The van der Waals surface area contributed by atoms with E-state index in [2.05, 4.69) is 16.0 Å². The van der Waals surface area contributed by atoms with Crippen molar-refractivity contribution in [3.63, 3.8) is 0 Å². The van der Waals surface area contributed by atoms with Gasteiger partial charge in [0.05, 0.1) is 10.7 Å². The summed E-state index contributed by atoms with van der Waals surface area (Å²) in [5, 5.41) is 5.48. The van der Waals surface area contributed by atoms with Gasteiger partial charge in [-0.3, -0.25) is 4.98 Å². The average molecular weight is 328 g/mol. The Morgan fingerprint density at radius 2 is 1.96 bits per heavy atom. The molecule has 0 bridgehead atoms. The number of rotatable bonds is 2. The number of halogens is 3. The molecule has 0 atom stereocenters. The Hall–Kier alpha value is -2.75. The summed E-state index contributed by atoms with van der Waals surface area (Å²) < 4.78 is 27.6. The highest BCUT2D eigenvalue weighted by molar-refractivity contribution is 6.31. The van der Waals surface area contributed by atoms with Crippen LogP contribution in [0.3, 0.4) is 0 Å². The van der Waals surface area contributed by atoms with E-state index < -0.39 is 11.6 Å². The second kappa shape index (κ2) is 5.16. The van der Waals surface area contributed by atoms with Gasteiger partial charge in [0.1, 0.15) is 17.3 Å². The van der Waals surface area contributed by atoms with Gasteiger partial charge in [0.15, 0.2) is 0 Å². The summed E-state index contributed by atoms with van der Waals surface area (Å²) in [5.74, 6) is 1.28. The van der Waals surface area contributed by atoms with Crippen LogP contribution in [-0.4, -0.2) is 15.9 Å². The van der Waals surface area contributed by atoms with Crippen molar-refractivity contribution in [2.75, 3.05) is 0 Å². The molecule has 3 heterocycles. The van der Waals surface area contributed by atoms with Crippen LogP contribution in [0.2, 0.25) is 5.02 Å². The fraction of sp³-hybridized carbons (Fsp3) is 0. The quantitative estimate of drug-likeness (QED) is 0.766. The molecule has 23 heavy (non-hydrogen) atoms. The molecule has 2 aliphatic heterocycles. The van der Waals surface area contributed by atoms with Crippen LogP contribution in [0.5, 0.6) is 0 Å². The molecule has 0 aliphatic carbocycles. The second-order valence-corrected chi connectivity index (χ2v) is 5.41. The number of nitrogens with zero attached hydrogens (tertiary/aromatic N) is 3. The first kappa shape index (κ1) is 13.9. The third-order valence-electron chi connectivity index (χ3n) is 3.59. The van der Waals surface area contributed by atoms with Gasteiger partial charge in [-0.05, 0) is 24.3 Å². The minimum absolute atomic E-state index is 0.148. The maximum Gasteiger partial charge on any atom is 0.144 e. The second-order valence-electron chi connectivity index (χ2n) is 5.01. The summed E-state index contributed by atoms with van der Waals surface area (Å²) in [6.07, 6.45) is 7.08. The lowest BCUT2D eigenvalue weighted by molar-refractivity contribution is 0.494. The molecule has 0 fully saturated rings. The summed E-state index contributed by atoms with van der Waals surface area (Å²) in [4.78, 5) is 4.25. The zero-order valence-electron chi connectivity index (χ0n) is 11.6. The molecule has 112 valence electrons. The van der Waals surface area contributed by atoms with Gasteiger partial charge >= 0.3 is 0 Å². The molecule has 0 N–H and O–H groups in total. The Morgan fingerprint density at radius 1 is 1.09 bits per heavy atom. The van der Waals surface area contributed by atoms with Crippen molar-refractivity contribution in [1.82, 2.24) is 9.99 Å². The van der Waals surface area contributed by atoms with Gasteiger partial charge in [-0.25, -0.2) is 13.8 Å².